The Hall–Kier alpha value is -0.430. The van der Waals surface area contributed by atoms with Gasteiger partial charge in [-0.15, -0.1) is 0 Å². The predicted octanol–water partition coefficient (Wildman–Crippen LogP) is 4.20. The van der Waals surface area contributed by atoms with E-state index in [2.05, 4.69) is 41.8 Å². The molecule has 0 bridgehead atoms. The largest absolute Gasteiger partial charge is 0.378 e. The highest BCUT2D eigenvalue weighted by Crippen LogP contribution is 2.38. The number of aromatic nitrogens is 2. The van der Waals surface area contributed by atoms with Gasteiger partial charge >= 0.3 is 0 Å². The molecule has 4 nitrogen and oxygen atoms in total. The van der Waals surface area contributed by atoms with Crippen molar-refractivity contribution >= 4 is 28.4 Å². The molecule has 0 aromatic carbocycles. The third-order valence-corrected chi connectivity index (χ3v) is 5.67. The molecule has 1 aromatic rings. The van der Waals surface area contributed by atoms with Gasteiger partial charge < -0.3 is 10.1 Å². The predicted molar refractivity (Wildman–Crippen MR) is 94.5 cm³/mol. The van der Waals surface area contributed by atoms with Gasteiger partial charge in [-0.05, 0) is 60.1 Å². The third kappa shape index (κ3) is 4.06. The second-order valence-electron chi connectivity index (χ2n) is 6.23. The molecule has 0 amide bonds. The molecule has 0 saturated heterocycles. The molecule has 1 fully saturated rings. The van der Waals surface area contributed by atoms with Gasteiger partial charge in [-0.1, -0.05) is 13.8 Å². The van der Waals surface area contributed by atoms with Crippen LogP contribution in [-0.4, -0.2) is 24.1 Å². The molecule has 0 unspecified atom stereocenters. The van der Waals surface area contributed by atoms with Crippen LogP contribution in [0.5, 0.6) is 0 Å². The molecule has 2 rings (SSSR count). The quantitative estimate of drug-likeness (QED) is 0.749. The average Bonchev–Trinajstić information content (AvgIpc) is 2.49. The number of halogens is 1. The van der Waals surface area contributed by atoms with Crippen molar-refractivity contribution < 1.29 is 4.74 Å². The first-order valence-corrected chi connectivity index (χ1v) is 8.87. The topological polar surface area (TPSA) is 47.0 Å². The monoisotopic (exact) mass is 403 g/mol. The summed E-state index contributed by atoms with van der Waals surface area (Å²) in [6.45, 7) is 5.22. The number of ether oxygens (including phenoxy) is 1. The van der Waals surface area contributed by atoms with E-state index in [0.29, 0.717) is 12.5 Å². The maximum Gasteiger partial charge on any atom is 0.143 e. The smallest absolute Gasteiger partial charge is 0.143 e. The van der Waals surface area contributed by atoms with E-state index < -0.39 is 0 Å². The number of hydrogen-bond acceptors (Lipinski definition) is 4. The van der Waals surface area contributed by atoms with E-state index in [-0.39, 0.29) is 0 Å². The number of nitrogens with zero attached hydrogens (tertiary/aromatic N) is 2. The van der Waals surface area contributed by atoms with E-state index in [1.54, 1.807) is 7.11 Å². The maximum atomic E-state index is 5.28. The van der Waals surface area contributed by atoms with Crippen LogP contribution in [0.4, 0.5) is 5.82 Å². The zero-order valence-corrected chi connectivity index (χ0v) is 15.6. The lowest BCUT2D eigenvalue weighted by molar-refractivity contribution is 0.180. The molecule has 1 aliphatic carbocycles. The van der Waals surface area contributed by atoms with Gasteiger partial charge in [0, 0.05) is 20.1 Å². The Kier molecular flexibility index (Phi) is 6.22. The fraction of sp³-hybridized carbons (Fsp3) is 0.750. The summed E-state index contributed by atoms with van der Waals surface area (Å²) in [4.78, 5) is 9.52. The molecule has 1 N–H and O–H groups in total. The molecule has 0 radical (unpaired) electrons. The minimum absolute atomic E-state index is 0.500. The van der Waals surface area contributed by atoms with Crippen LogP contribution in [0.1, 0.15) is 57.0 Å². The van der Waals surface area contributed by atoms with Gasteiger partial charge in [0.05, 0.1) is 15.9 Å². The molecule has 5 heteroatoms. The van der Waals surface area contributed by atoms with Crippen LogP contribution in [0.25, 0.3) is 0 Å². The lowest BCUT2D eigenvalue weighted by Crippen LogP contribution is -2.20. The van der Waals surface area contributed by atoms with Gasteiger partial charge in [0.25, 0.3) is 0 Å². The van der Waals surface area contributed by atoms with Gasteiger partial charge in [0.1, 0.15) is 11.6 Å². The summed E-state index contributed by atoms with van der Waals surface area (Å²) in [6.07, 6.45) is 5.01. The van der Waals surface area contributed by atoms with Crippen LogP contribution in [0.3, 0.4) is 0 Å². The number of anilines is 1. The summed E-state index contributed by atoms with van der Waals surface area (Å²) >= 11 is 2.30. The lowest BCUT2D eigenvalue weighted by Gasteiger charge is -2.30. The highest BCUT2D eigenvalue weighted by Gasteiger charge is 2.27. The van der Waals surface area contributed by atoms with Crippen molar-refractivity contribution in [3.8, 4) is 0 Å². The lowest BCUT2D eigenvalue weighted by atomic mass is 9.76. The second kappa shape index (κ2) is 7.72. The van der Waals surface area contributed by atoms with Crippen molar-refractivity contribution in [2.75, 3.05) is 19.5 Å². The van der Waals surface area contributed by atoms with Crippen molar-refractivity contribution in [1.82, 2.24) is 9.97 Å². The number of methoxy groups -OCH3 is 1. The Bertz CT molecular complexity index is 471. The van der Waals surface area contributed by atoms with Crippen LogP contribution in [0.2, 0.25) is 0 Å². The summed E-state index contributed by atoms with van der Waals surface area (Å²) in [6, 6.07) is 0. The van der Waals surface area contributed by atoms with E-state index in [1.165, 1.54) is 25.7 Å². The summed E-state index contributed by atoms with van der Waals surface area (Å²) in [7, 11) is 3.63. The maximum absolute atomic E-state index is 5.28. The minimum atomic E-state index is 0.500. The fourth-order valence-corrected chi connectivity index (χ4v) is 3.80. The highest BCUT2D eigenvalue weighted by atomic mass is 127. The number of nitrogens with one attached hydrogen (secondary N) is 1. The van der Waals surface area contributed by atoms with E-state index in [0.717, 1.165) is 32.7 Å². The van der Waals surface area contributed by atoms with Gasteiger partial charge in [0.2, 0.25) is 0 Å². The van der Waals surface area contributed by atoms with E-state index >= 15 is 0 Å². The molecule has 1 heterocycles. The molecule has 1 aliphatic rings. The first kappa shape index (κ1) is 16.9. The average molecular weight is 403 g/mol. The van der Waals surface area contributed by atoms with Gasteiger partial charge in [-0.25, -0.2) is 9.97 Å². The van der Waals surface area contributed by atoms with Crippen molar-refractivity contribution in [2.45, 2.75) is 52.1 Å². The van der Waals surface area contributed by atoms with Gasteiger partial charge in [0.15, 0.2) is 0 Å². The number of rotatable bonds is 5. The molecular formula is C16H26IN3O. The van der Waals surface area contributed by atoms with Crippen molar-refractivity contribution in [2.24, 2.45) is 11.8 Å². The SMILES string of the molecule is CNc1nc(C2CCC(C(C)C)CC2)nc(COC)c1I. The summed E-state index contributed by atoms with van der Waals surface area (Å²) in [5, 5.41) is 3.19. The van der Waals surface area contributed by atoms with Crippen molar-refractivity contribution in [1.29, 1.82) is 0 Å². The zero-order valence-electron chi connectivity index (χ0n) is 13.4. The highest BCUT2D eigenvalue weighted by molar-refractivity contribution is 14.1. The van der Waals surface area contributed by atoms with E-state index in [4.69, 9.17) is 14.7 Å². The molecule has 21 heavy (non-hydrogen) atoms. The minimum Gasteiger partial charge on any atom is -0.378 e. The van der Waals surface area contributed by atoms with Crippen LogP contribution in [0.15, 0.2) is 0 Å². The van der Waals surface area contributed by atoms with Gasteiger partial charge in [-0.2, -0.15) is 0 Å². The van der Waals surface area contributed by atoms with Gasteiger partial charge in [-0.3, -0.25) is 0 Å². The Morgan fingerprint density at radius 2 is 1.90 bits per heavy atom. The first-order valence-electron chi connectivity index (χ1n) is 7.79. The molecule has 1 saturated carbocycles. The molecule has 0 spiro atoms. The first-order chi connectivity index (χ1) is 10.1. The van der Waals surface area contributed by atoms with Crippen LogP contribution in [-0.2, 0) is 11.3 Å². The zero-order chi connectivity index (χ0) is 15.4. The van der Waals surface area contributed by atoms with E-state index in [1.807, 2.05) is 7.05 Å². The normalized spacial score (nSPS) is 22.6. The number of hydrogen-bond donors (Lipinski definition) is 1. The summed E-state index contributed by atoms with van der Waals surface area (Å²) in [5.74, 6) is 4.08. The van der Waals surface area contributed by atoms with Crippen LogP contribution < -0.4 is 5.32 Å². The Morgan fingerprint density at radius 3 is 2.43 bits per heavy atom. The molecule has 0 aliphatic heterocycles. The Morgan fingerprint density at radius 1 is 1.24 bits per heavy atom. The third-order valence-electron chi connectivity index (χ3n) is 4.53. The fourth-order valence-electron chi connectivity index (χ4n) is 3.14. The molecule has 1 aromatic heterocycles. The second-order valence-corrected chi connectivity index (χ2v) is 7.31. The standard InChI is InChI=1S/C16H26IN3O/c1-10(2)11-5-7-12(8-6-11)15-19-13(9-21-4)14(17)16(18-3)20-15/h10-12H,5-9H2,1-4H3,(H,18,19,20). The van der Waals surface area contributed by atoms with E-state index in [9.17, 15) is 0 Å². The van der Waals surface area contributed by atoms with Crippen LogP contribution in [0, 0.1) is 15.4 Å². The Balaban J connectivity index is 2.18. The molecule has 0 atom stereocenters. The Labute approximate surface area is 141 Å². The van der Waals surface area contributed by atoms with Crippen LogP contribution >= 0.6 is 22.6 Å². The molecule has 118 valence electrons. The van der Waals surface area contributed by atoms with Crippen molar-refractivity contribution in [3.63, 3.8) is 0 Å². The van der Waals surface area contributed by atoms with Crippen molar-refractivity contribution in [3.05, 3.63) is 15.1 Å². The molecular weight excluding hydrogens is 377 g/mol. The summed E-state index contributed by atoms with van der Waals surface area (Å²) in [5.41, 5.74) is 0.999. The summed E-state index contributed by atoms with van der Waals surface area (Å²) < 4.78 is 6.34.